The average Bonchev–Trinajstić information content (AvgIpc) is 3.39. The zero-order chi connectivity index (χ0) is 32.6. The Morgan fingerprint density at radius 3 is 2.07 bits per heavy atom. The maximum absolute atomic E-state index is 13.2. The van der Waals surface area contributed by atoms with Crippen molar-refractivity contribution in [2.45, 2.75) is 32.2 Å². The fourth-order valence-electron chi connectivity index (χ4n) is 4.93. The molecule has 1 aliphatic rings. The van der Waals surface area contributed by atoms with E-state index in [9.17, 15) is 4.79 Å². The van der Waals surface area contributed by atoms with E-state index in [1.165, 1.54) is 0 Å². The minimum absolute atomic E-state index is 0.0732. The number of carbonyl (C=O) groups is 1. The van der Waals surface area contributed by atoms with Crippen LogP contribution in [0.4, 0.5) is 0 Å². The van der Waals surface area contributed by atoms with Gasteiger partial charge in [0.1, 0.15) is 23.4 Å². The number of fused-ring (bicyclic) bond motifs is 3. The second-order valence-electron chi connectivity index (χ2n) is 10.5. The normalized spacial score (nSPS) is 14.0. The molecule has 0 aliphatic carbocycles. The van der Waals surface area contributed by atoms with E-state index in [0.29, 0.717) is 108 Å². The van der Waals surface area contributed by atoms with Gasteiger partial charge in [0.25, 0.3) is 0 Å². The zero-order valence-corrected chi connectivity index (χ0v) is 27.4. The molecule has 2 N–H and O–H groups in total. The second kappa shape index (κ2) is 19.4. The van der Waals surface area contributed by atoms with Gasteiger partial charge in [-0.25, -0.2) is 0 Å². The summed E-state index contributed by atoms with van der Waals surface area (Å²) in [6, 6.07) is 12.8. The third-order valence-corrected chi connectivity index (χ3v) is 7.42. The molecule has 2 aromatic carbocycles. The third kappa shape index (κ3) is 10.7. The lowest BCUT2D eigenvalue weighted by molar-refractivity contribution is -0.119. The van der Waals surface area contributed by atoms with Crippen molar-refractivity contribution in [1.82, 2.24) is 14.8 Å². The molecule has 1 aromatic heterocycles. The molecule has 0 bridgehead atoms. The van der Waals surface area contributed by atoms with Crippen LogP contribution in [0.3, 0.4) is 0 Å². The summed E-state index contributed by atoms with van der Waals surface area (Å²) in [6.45, 7) is 7.33. The minimum Gasteiger partial charge on any atom is -0.497 e. The summed E-state index contributed by atoms with van der Waals surface area (Å²) < 4.78 is 34.8. The van der Waals surface area contributed by atoms with Gasteiger partial charge in [-0.1, -0.05) is 23.7 Å². The van der Waals surface area contributed by atoms with Crippen molar-refractivity contribution in [3.05, 3.63) is 70.3 Å². The quantitative estimate of drug-likeness (QED) is 0.158. The van der Waals surface area contributed by atoms with Gasteiger partial charge in [-0.3, -0.25) is 14.4 Å². The van der Waals surface area contributed by atoms with Crippen molar-refractivity contribution in [3.8, 4) is 11.4 Å². The molecule has 0 unspecified atom stereocenters. The van der Waals surface area contributed by atoms with Gasteiger partial charge in [-0.2, -0.15) is 0 Å². The van der Waals surface area contributed by atoms with Crippen LogP contribution in [0.25, 0.3) is 5.69 Å². The van der Waals surface area contributed by atoms with Crippen LogP contribution >= 0.6 is 11.6 Å². The smallest absolute Gasteiger partial charge is 0.162 e. The number of ether oxygens (including phenoxy) is 6. The molecule has 1 aliphatic heterocycles. The number of rotatable bonds is 22. The van der Waals surface area contributed by atoms with Crippen LogP contribution in [0.15, 0.2) is 47.5 Å². The van der Waals surface area contributed by atoms with Gasteiger partial charge in [0.05, 0.1) is 78.0 Å². The Morgan fingerprint density at radius 1 is 0.848 bits per heavy atom. The van der Waals surface area contributed by atoms with Crippen molar-refractivity contribution in [3.63, 3.8) is 0 Å². The maximum atomic E-state index is 13.2. The Labute approximate surface area is 275 Å². The van der Waals surface area contributed by atoms with Gasteiger partial charge < -0.3 is 34.2 Å². The molecule has 0 radical (unpaired) electrons. The SMILES string of the molecule is COc1ccc2c(c1)C(c1ccc(Cl)cc1)=N[C@@H](CC(=O)CCCOCCOCCOCCOCCOCCN)c1nnc(C)n1-2. The van der Waals surface area contributed by atoms with E-state index in [1.807, 2.05) is 54.0 Å². The Bertz CT molecular complexity index is 1400. The monoisotopic (exact) mass is 657 g/mol. The zero-order valence-electron chi connectivity index (χ0n) is 26.6. The van der Waals surface area contributed by atoms with E-state index in [4.69, 9.17) is 50.7 Å². The van der Waals surface area contributed by atoms with Gasteiger partial charge in [-0.15, -0.1) is 10.2 Å². The van der Waals surface area contributed by atoms with Crippen LogP contribution in [-0.2, 0) is 28.5 Å². The molecule has 13 heteroatoms. The number of halogens is 1. The van der Waals surface area contributed by atoms with Crippen LogP contribution < -0.4 is 10.5 Å². The summed E-state index contributed by atoms with van der Waals surface area (Å²) >= 11 is 6.19. The molecule has 46 heavy (non-hydrogen) atoms. The molecule has 4 rings (SSSR count). The Morgan fingerprint density at radius 2 is 1.46 bits per heavy atom. The van der Waals surface area contributed by atoms with Crippen LogP contribution in [0.2, 0.25) is 5.02 Å². The Balaban J connectivity index is 1.22. The van der Waals surface area contributed by atoms with Crippen molar-refractivity contribution in [2.24, 2.45) is 10.7 Å². The number of ketones is 1. The van der Waals surface area contributed by atoms with Gasteiger partial charge in [0.2, 0.25) is 0 Å². The molecule has 3 aromatic rings. The first-order valence-corrected chi connectivity index (χ1v) is 15.9. The largest absolute Gasteiger partial charge is 0.497 e. The van der Waals surface area contributed by atoms with Crippen LogP contribution in [0, 0.1) is 6.92 Å². The van der Waals surface area contributed by atoms with Crippen LogP contribution in [0.1, 0.15) is 48.1 Å². The summed E-state index contributed by atoms with van der Waals surface area (Å²) in [7, 11) is 1.63. The van der Waals surface area contributed by atoms with Gasteiger partial charge in [0, 0.05) is 42.1 Å². The van der Waals surface area contributed by atoms with E-state index < -0.39 is 6.04 Å². The lowest BCUT2D eigenvalue weighted by Gasteiger charge is -2.14. The van der Waals surface area contributed by atoms with Crippen LogP contribution in [-0.4, -0.2) is 106 Å². The van der Waals surface area contributed by atoms with E-state index in [-0.39, 0.29) is 12.2 Å². The molecule has 250 valence electrons. The number of nitrogens with two attached hydrogens (primary N) is 1. The second-order valence-corrected chi connectivity index (χ2v) is 11.0. The Kier molecular flexibility index (Phi) is 15.0. The topological polar surface area (TPSA) is 142 Å². The first-order chi connectivity index (χ1) is 22.5. The highest BCUT2D eigenvalue weighted by atomic mass is 35.5. The summed E-state index contributed by atoms with van der Waals surface area (Å²) in [4.78, 5) is 18.3. The van der Waals surface area contributed by atoms with Gasteiger partial charge in [0.15, 0.2) is 5.82 Å². The highest BCUT2D eigenvalue weighted by molar-refractivity contribution is 6.30. The number of methoxy groups -OCH3 is 1. The molecule has 0 amide bonds. The molecular weight excluding hydrogens is 614 g/mol. The highest BCUT2D eigenvalue weighted by Crippen LogP contribution is 2.34. The standard InChI is InChI=1S/C33H44ClN5O7/c1-24-37-38-33-30(22-27(40)4-3-12-42-14-16-44-18-20-46-21-19-45-17-15-43-13-11-35)36-32(25-5-7-26(34)8-6-25)29-23-28(41-2)9-10-31(29)39(24)33/h5-10,23,30H,3-4,11-22,35H2,1-2H3/t30-/m0/s1. The fraction of sp³-hybridized carbons (Fsp3) is 0.515. The highest BCUT2D eigenvalue weighted by Gasteiger charge is 2.29. The predicted octanol–water partition coefficient (Wildman–Crippen LogP) is 3.91. The third-order valence-electron chi connectivity index (χ3n) is 7.17. The number of carbonyl (C=O) groups excluding carboxylic acids is 1. The molecule has 0 fully saturated rings. The summed E-state index contributed by atoms with van der Waals surface area (Å²) in [5.41, 5.74) is 8.70. The number of aliphatic imine (C=N–C) groups is 1. The number of hydrogen-bond acceptors (Lipinski definition) is 11. The number of hydrogen-bond donors (Lipinski definition) is 1. The van der Waals surface area contributed by atoms with Gasteiger partial charge >= 0.3 is 0 Å². The predicted molar refractivity (Wildman–Crippen MR) is 174 cm³/mol. The number of nitrogens with zero attached hydrogens (tertiary/aromatic N) is 4. The summed E-state index contributed by atoms with van der Waals surface area (Å²) in [6.07, 6.45) is 1.16. The van der Waals surface area contributed by atoms with Crippen molar-refractivity contribution >= 4 is 23.1 Å². The van der Waals surface area contributed by atoms with E-state index in [2.05, 4.69) is 10.2 Å². The molecule has 12 nitrogen and oxygen atoms in total. The molecular formula is C33H44ClN5O7. The van der Waals surface area contributed by atoms with Crippen molar-refractivity contribution < 1.29 is 33.2 Å². The molecule has 0 saturated carbocycles. The first kappa shape index (κ1) is 35.6. The minimum atomic E-state index is -0.517. The van der Waals surface area contributed by atoms with Crippen molar-refractivity contribution in [2.75, 3.05) is 79.7 Å². The number of Topliss-reactive ketones (excluding diaryl/α,β-unsaturated/α-hetero) is 1. The van der Waals surface area contributed by atoms with Crippen molar-refractivity contribution in [1.29, 1.82) is 0 Å². The summed E-state index contributed by atoms with van der Waals surface area (Å²) in [5.74, 6) is 2.11. The molecule has 0 saturated heterocycles. The number of benzene rings is 2. The van der Waals surface area contributed by atoms with E-state index >= 15 is 0 Å². The molecule has 0 spiro atoms. The fourth-order valence-corrected chi connectivity index (χ4v) is 5.06. The molecule has 1 atom stereocenters. The van der Waals surface area contributed by atoms with Crippen LogP contribution in [0.5, 0.6) is 5.75 Å². The molecule has 2 heterocycles. The van der Waals surface area contributed by atoms with Gasteiger partial charge in [-0.05, 0) is 43.7 Å². The number of aryl methyl sites for hydroxylation is 1. The lowest BCUT2D eigenvalue weighted by atomic mass is 9.99. The number of aromatic nitrogens is 3. The maximum Gasteiger partial charge on any atom is 0.162 e. The lowest BCUT2D eigenvalue weighted by Crippen LogP contribution is -2.15. The average molecular weight is 658 g/mol. The Hall–Kier alpha value is -3.23. The summed E-state index contributed by atoms with van der Waals surface area (Å²) in [5, 5.41) is 9.42. The first-order valence-electron chi connectivity index (χ1n) is 15.6. The van der Waals surface area contributed by atoms with E-state index in [1.54, 1.807) is 7.11 Å². The van der Waals surface area contributed by atoms with E-state index in [0.717, 1.165) is 22.5 Å².